The minimum atomic E-state index is -0.408. The third kappa shape index (κ3) is 3.50. The summed E-state index contributed by atoms with van der Waals surface area (Å²) >= 11 is 0. The molecule has 0 N–H and O–H groups in total. The number of piperazine rings is 1. The summed E-state index contributed by atoms with van der Waals surface area (Å²) in [7, 11) is 2.05. The molecule has 3 aromatic rings. The van der Waals surface area contributed by atoms with Crippen molar-refractivity contribution in [1.82, 2.24) is 14.7 Å². The van der Waals surface area contributed by atoms with E-state index in [0.717, 1.165) is 23.6 Å². The second-order valence-corrected chi connectivity index (χ2v) is 8.22. The molecule has 32 heavy (non-hydrogen) atoms. The van der Waals surface area contributed by atoms with Crippen molar-refractivity contribution in [2.45, 2.75) is 12.6 Å². The van der Waals surface area contributed by atoms with Gasteiger partial charge in [0.15, 0.2) is 0 Å². The van der Waals surface area contributed by atoms with Gasteiger partial charge in [0.1, 0.15) is 5.76 Å². The van der Waals surface area contributed by atoms with E-state index in [2.05, 4.69) is 4.90 Å². The highest BCUT2D eigenvalue weighted by Crippen LogP contribution is 2.29. The van der Waals surface area contributed by atoms with E-state index in [1.54, 1.807) is 30.3 Å². The molecule has 1 fully saturated rings. The van der Waals surface area contributed by atoms with E-state index in [-0.39, 0.29) is 30.0 Å². The van der Waals surface area contributed by atoms with Crippen molar-refractivity contribution in [2.75, 3.05) is 26.7 Å². The zero-order chi connectivity index (χ0) is 22.2. The number of benzene rings is 2. The number of carbonyl (C=O) groups is 3. The molecule has 1 aromatic heterocycles. The smallest absolute Gasteiger partial charge is 0.261 e. The first-order chi connectivity index (χ1) is 15.5. The van der Waals surface area contributed by atoms with Crippen LogP contribution in [0.25, 0.3) is 0 Å². The SMILES string of the molecule is CN1CCN(C(=O)c2ccc3c(c2)C(=O)N(Cc2ccco2)C3=O)[C@@H](c2ccccc2)C1. The quantitative estimate of drug-likeness (QED) is 0.596. The van der Waals surface area contributed by atoms with Crippen molar-refractivity contribution in [1.29, 1.82) is 0 Å². The summed E-state index contributed by atoms with van der Waals surface area (Å²) in [6.45, 7) is 2.16. The molecule has 0 radical (unpaired) electrons. The topological polar surface area (TPSA) is 74.1 Å². The molecule has 3 heterocycles. The van der Waals surface area contributed by atoms with Crippen LogP contribution in [0.5, 0.6) is 0 Å². The highest BCUT2D eigenvalue weighted by Gasteiger charge is 2.37. The fourth-order valence-corrected chi connectivity index (χ4v) is 4.41. The van der Waals surface area contributed by atoms with Gasteiger partial charge in [-0.15, -0.1) is 0 Å². The number of fused-ring (bicyclic) bond motifs is 1. The predicted octanol–water partition coefficient (Wildman–Crippen LogP) is 3.20. The first-order valence-corrected chi connectivity index (χ1v) is 10.6. The fourth-order valence-electron chi connectivity index (χ4n) is 4.41. The van der Waals surface area contributed by atoms with Gasteiger partial charge in [-0.3, -0.25) is 19.3 Å². The number of likely N-dealkylation sites (N-methyl/N-ethyl adjacent to an activating group) is 1. The number of furan rings is 1. The van der Waals surface area contributed by atoms with E-state index in [9.17, 15) is 14.4 Å². The Kier molecular flexibility index (Phi) is 5.11. The van der Waals surface area contributed by atoms with Gasteiger partial charge < -0.3 is 14.2 Å². The van der Waals surface area contributed by atoms with Crippen LogP contribution in [0.4, 0.5) is 0 Å². The van der Waals surface area contributed by atoms with Crippen molar-refractivity contribution in [2.24, 2.45) is 0 Å². The fraction of sp³-hybridized carbons (Fsp3) is 0.240. The van der Waals surface area contributed by atoms with Crippen LogP contribution in [-0.2, 0) is 6.54 Å². The molecular weight excluding hydrogens is 406 g/mol. The molecule has 0 saturated carbocycles. The maximum Gasteiger partial charge on any atom is 0.261 e. The van der Waals surface area contributed by atoms with Crippen molar-refractivity contribution in [3.05, 3.63) is 94.9 Å². The molecule has 7 nitrogen and oxygen atoms in total. The monoisotopic (exact) mass is 429 g/mol. The lowest BCUT2D eigenvalue weighted by atomic mass is 10.00. The number of hydrogen-bond donors (Lipinski definition) is 0. The Morgan fingerprint density at radius 1 is 0.969 bits per heavy atom. The number of imide groups is 1. The standard InChI is InChI=1S/C25H23N3O4/c1-26-11-12-27(22(16-26)17-6-3-2-4-7-17)23(29)18-9-10-20-21(14-18)25(31)28(24(20)30)15-19-8-5-13-32-19/h2-10,13-14,22H,11-12,15-16H2,1H3/t22-/m1/s1. The maximum absolute atomic E-state index is 13.5. The second kappa shape index (κ2) is 8.09. The molecule has 0 spiro atoms. The normalized spacial score (nSPS) is 18.8. The van der Waals surface area contributed by atoms with Crippen LogP contribution in [-0.4, -0.2) is 59.1 Å². The van der Waals surface area contributed by atoms with E-state index < -0.39 is 5.91 Å². The largest absolute Gasteiger partial charge is 0.467 e. The summed E-state index contributed by atoms with van der Waals surface area (Å²) in [6, 6.07) is 18.1. The van der Waals surface area contributed by atoms with Crippen LogP contribution < -0.4 is 0 Å². The molecule has 2 aliphatic rings. The van der Waals surface area contributed by atoms with Gasteiger partial charge in [-0.2, -0.15) is 0 Å². The summed E-state index contributed by atoms with van der Waals surface area (Å²) in [6.07, 6.45) is 1.50. The van der Waals surface area contributed by atoms with Crippen molar-refractivity contribution in [3.8, 4) is 0 Å². The van der Waals surface area contributed by atoms with Crippen molar-refractivity contribution >= 4 is 17.7 Å². The number of rotatable bonds is 4. The molecule has 1 saturated heterocycles. The van der Waals surface area contributed by atoms with Gasteiger partial charge in [-0.05, 0) is 42.9 Å². The van der Waals surface area contributed by atoms with Gasteiger partial charge >= 0.3 is 0 Å². The summed E-state index contributed by atoms with van der Waals surface area (Å²) < 4.78 is 5.28. The number of carbonyl (C=O) groups excluding carboxylic acids is 3. The lowest BCUT2D eigenvalue weighted by molar-refractivity contribution is 0.0497. The van der Waals surface area contributed by atoms with Crippen molar-refractivity contribution < 1.29 is 18.8 Å². The zero-order valence-corrected chi connectivity index (χ0v) is 17.7. The molecule has 0 aliphatic carbocycles. The zero-order valence-electron chi connectivity index (χ0n) is 17.7. The van der Waals surface area contributed by atoms with Crippen LogP contribution in [0.2, 0.25) is 0 Å². The molecule has 1 atom stereocenters. The Morgan fingerprint density at radius 3 is 2.50 bits per heavy atom. The summed E-state index contributed by atoms with van der Waals surface area (Å²) in [5.41, 5.74) is 2.06. The van der Waals surface area contributed by atoms with E-state index >= 15 is 0 Å². The first-order valence-electron chi connectivity index (χ1n) is 10.6. The third-order valence-corrected chi connectivity index (χ3v) is 6.14. The third-order valence-electron chi connectivity index (χ3n) is 6.14. The van der Waals surface area contributed by atoms with Gasteiger partial charge in [0.2, 0.25) is 0 Å². The Morgan fingerprint density at radius 2 is 1.75 bits per heavy atom. The average molecular weight is 429 g/mol. The lowest BCUT2D eigenvalue weighted by Crippen LogP contribution is -2.49. The molecule has 7 heteroatoms. The van der Waals surface area contributed by atoms with Crippen LogP contribution in [0.3, 0.4) is 0 Å². The van der Waals surface area contributed by atoms with E-state index in [1.807, 2.05) is 42.3 Å². The van der Waals surface area contributed by atoms with E-state index in [4.69, 9.17) is 4.42 Å². The van der Waals surface area contributed by atoms with Crippen LogP contribution in [0.15, 0.2) is 71.3 Å². The molecular formula is C25H23N3O4. The maximum atomic E-state index is 13.5. The van der Waals surface area contributed by atoms with Gasteiger partial charge in [-0.25, -0.2) is 0 Å². The molecule has 3 amide bonds. The number of nitrogens with zero attached hydrogens (tertiary/aromatic N) is 3. The molecule has 5 rings (SSSR count). The Labute approximate surface area is 185 Å². The van der Waals surface area contributed by atoms with Crippen LogP contribution in [0, 0.1) is 0 Å². The molecule has 2 aromatic carbocycles. The number of hydrogen-bond acceptors (Lipinski definition) is 5. The Hall–Kier alpha value is -3.71. The Balaban J connectivity index is 1.43. The highest BCUT2D eigenvalue weighted by molar-refractivity contribution is 6.22. The summed E-state index contributed by atoms with van der Waals surface area (Å²) in [5.74, 6) is -0.394. The molecule has 2 aliphatic heterocycles. The Bertz CT molecular complexity index is 1170. The molecule has 0 unspecified atom stereocenters. The summed E-state index contributed by atoms with van der Waals surface area (Å²) in [5, 5.41) is 0. The minimum absolute atomic E-state index is 0.0666. The lowest BCUT2D eigenvalue weighted by Gasteiger charge is -2.40. The van der Waals surface area contributed by atoms with Crippen LogP contribution in [0.1, 0.15) is 48.4 Å². The predicted molar refractivity (Wildman–Crippen MR) is 117 cm³/mol. The number of amides is 3. The molecule has 0 bridgehead atoms. The van der Waals surface area contributed by atoms with Crippen molar-refractivity contribution in [3.63, 3.8) is 0 Å². The summed E-state index contributed by atoms with van der Waals surface area (Å²) in [4.78, 5) is 44.4. The first kappa shape index (κ1) is 20.2. The van der Waals surface area contributed by atoms with Gasteiger partial charge in [0.25, 0.3) is 17.7 Å². The molecule has 162 valence electrons. The van der Waals surface area contributed by atoms with Gasteiger partial charge in [0.05, 0.1) is 30.0 Å². The van der Waals surface area contributed by atoms with Gasteiger partial charge in [0, 0.05) is 25.2 Å². The van der Waals surface area contributed by atoms with Gasteiger partial charge in [-0.1, -0.05) is 30.3 Å². The minimum Gasteiger partial charge on any atom is -0.467 e. The van der Waals surface area contributed by atoms with E-state index in [0.29, 0.717) is 23.4 Å². The van der Waals surface area contributed by atoms with Crippen LogP contribution >= 0.6 is 0 Å². The van der Waals surface area contributed by atoms with E-state index in [1.165, 1.54) is 6.26 Å². The highest BCUT2D eigenvalue weighted by atomic mass is 16.3. The second-order valence-electron chi connectivity index (χ2n) is 8.22. The average Bonchev–Trinajstić information content (AvgIpc) is 3.42.